The van der Waals surface area contributed by atoms with E-state index in [0.29, 0.717) is 13.0 Å². The minimum atomic E-state index is 0.0379. The van der Waals surface area contributed by atoms with Gasteiger partial charge in [0.2, 0.25) is 5.91 Å². The number of hydrogen-bond donors (Lipinski definition) is 2. The van der Waals surface area contributed by atoms with E-state index in [1.807, 2.05) is 24.3 Å². The maximum atomic E-state index is 12.0. The third kappa shape index (κ3) is 5.12. The molecule has 1 aromatic carbocycles. The van der Waals surface area contributed by atoms with Gasteiger partial charge in [0, 0.05) is 38.3 Å². The zero-order valence-electron chi connectivity index (χ0n) is 12.8. The van der Waals surface area contributed by atoms with Gasteiger partial charge in [0.05, 0.1) is 12.2 Å². The molecule has 116 valence electrons. The van der Waals surface area contributed by atoms with E-state index in [2.05, 4.69) is 24.1 Å². The van der Waals surface area contributed by atoms with Crippen LogP contribution >= 0.6 is 0 Å². The van der Waals surface area contributed by atoms with Gasteiger partial charge in [-0.2, -0.15) is 0 Å². The number of nitrogens with two attached hydrogens (primary N) is 1. The molecule has 0 bridgehead atoms. The highest BCUT2D eigenvalue weighted by Gasteiger charge is 2.22. The summed E-state index contributed by atoms with van der Waals surface area (Å²) in [5.41, 5.74) is 7.43. The lowest BCUT2D eigenvalue weighted by atomic mass is 10.2. The van der Waals surface area contributed by atoms with Crippen molar-refractivity contribution in [1.29, 1.82) is 0 Å². The number of nitrogens with one attached hydrogen (secondary N) is 1. The second-order valence-electron chi connectivity index (χ2n) is 5.72. The van der Waals surface area contributed by atoms with E-state index in [0.717, 1.165) is 30.9 Å². The molecule has 1 heterocycles. The summed E-state index contributed by atoms with van der Waals surface area (Å²) in [5, 5.41) is 2.93. The largest absolute Gasteiger partial charge is 0.373 e. The van der Waals surface area contributed by atoms with Crippen molar-refractivity contribution in [2.75, 3.05) is 25.0 Å². The van der Waals surface area contributed by atoms with Gasteiger partial charge in [-0.15, -0.1) is 0 Å². The molecule has 0 aliphatic carbocycles. The lowest BCUT2D eigenvalue weighted by molar-refractivity contribution is -0.117. The van der Waals surface area contributed by atoms with Crippen LogP contribution in [0.15, 0.2) is 24.3 Å². The first-order valence-electron chi connectivity index (χ1n) is 7.53. The first-order chi connectivity index (χ1) is 10.1. The van der Waals surface area contributed by atoms with Crippen molar-refractivity contribution < 1.29 is 9.53 Å². The highest BCUT2D eigenvalue weighted by atomic mass is 16.5. The van der Waals surface area contributed by atoms with E-state index < -0.39 is 0 Å². The van der Waals surface area contributed by atoms with Gasteiger partial charge >= 0.3 is 0 Å². The van der Waals surface area contributed by atoms with Crippen molar-refractivity contribution in [3.05, 3.63) is 29.8 Å². The van der Waals surface area contributed by atoms with Crippen LogP contribution in [-0.2, 0) is 16.1 Å². The van der Waals surface area contributed by atoms with Crippen LogP contribution in [0, 0.1) is 0 Å². The molecule has 1 fully saturated rings. The standard InChI is InChI=1S/C16H25N3O2/c1-12-10-19(11-13(2)21-12)7-6-16(20)18-15-5-3-4-14(8-15)9-17/h3-5,8,12-13H,6-7,9-11,17H2,1-2H3,(H,18,20)/t12-,13+. The Kier molecular flexibility index (Phi) is 5.73. The summed E-state index contributed by atoms with van der Waals surface area (Å²) >= 11 is 0. The van der Waals surface area contributed by atoms with Crippen molar-refractivity contribution in [3.8, 4) is 0 Å². The smallest absolute Gasteiger partial charge is 0.225 e. The quantitative estimate of drug-likeness (QED) is 0.864. The van der Waals surface area contributed by atoms with E-state index in [9.17, 15) is 4.79 Å². The van der Waals surface area contributed by atoms with E-state index in [1.54, 1.807) is 0 Å². The molecule has 0 spiro atoms. The molecule has 1 aliphatic rings. The molecule has 0 aromatic heterocycles. The monoisotopic (exact) mass is 291 g/mol. The number of carbonyl (C=O) groups is 1. The minimum Gasteiger partial charge on any atom is -0.373 e. The van der Waals surface area contributed by atoms with E-state index in [1.165, 1.54) is 0 Å². The van der Waals surface area contributed by atoms with Crippen LogP contribution in [0.1, 0.15) is 25.8 Å². The number of rotatable bonds is 5. The van der Waals surface area contributed by atoms with Crippen LogP contribution in [0.2, 0.25) is 0 Å². The predicted molar refractivity (Wildman–Crippen MR) is 84.0 cm³/mol. The Morgan fingerprint density at radius 2 is 2.10 bits per heavy atom. The normalized spacial score (nSPS) is 23.0. The van der Waals surface area contributed by atoms with Crippen molar-refractivity contribution in [3.63, 3.8) is 0 Å². The fourth-order valence-electron chi connectivity index (χ4n) is 2.73. The highest BCUT2D eigenvalue weighted by molar-refractivity contribution is 5.90. The molecular weight excluding hydrogens is 266 g/mol. The Hall–Kier alpha value is -1.43. The number of nitrogens with zero attached hydrogens (tertiary/aromatic N) is 1. The van der Waals surface area contributed by atoms with Crippen molar-refractivity contribution in [1.82, 2.24) is 4.90 Å². The number of hydrogen-bond acceptors (Lipinski definition) is 4. The maximum absolute atomic E-state index is 12.0. The Balaban J connectivity index is 1.79. The lowest BCUT2D eigenvalue weighted by Gasteiger charge is -2.35. The molecule has 21 heavy (non-hydrogen) atoms. The summed E-state index contributed by atoms with van der Waals surface area (Å²) in [6, 6.07) is 7.65. The maximum Gasteiger partial charge on any atom is 0.225 e. The third-order valence-electron chi connectivity index (χ3n) is 3.60. The van der Waals surface area contributed by atoms with E-state index in [-0.39, 0.29) is 18.1 Å². The molecule has 3 N–H and O–H groups in total. The summed E-state index contributed by atoms with van der Waals surface area (Å²) in [4.78, 5) is 14.3. The first-order valence-corrected chi connectivity index (χ1v) is 7.53. The molecule has 0 saturated carbocycles. The van der Waals surface area contributed by atoms with Gasteiger partial charge in [0.15, 0.2) is 0 Å². The van der Waals surface area contributed by atoms with Crippen LogP contribution in [0.3, 0.4) is 0 Å². The first kappa shape index (κ1) is 15.9. The molecule has 2 rings (SSSR count). The van der Waals surface area contributed by atoms with Crippen LogP contribution in [0.4, 0.5) is 5.69 Å². The average Bonchev–Trinajstić information content (AvgIpc) is 2.44. The van der Waals surface area contributed by atoms with Crippen LogP contribution in [-0.4, -0.2) is 42.6 Å². The summed E-state index contributed by atoms with van der Waals surface area (Å²) < 4.78 is 5.69. The van der Waals surface area contributed by atoms with Crippen LogP contribution in [0.5, 0.6) is 0 Å². The molecular formula is C16H25N3O2. The molecule has 2 atom stereocenters. The molecule has 1 aromatic rings. The zero-order chi connectivity index (χ0) is 15.2. The topological polar surface area (TPSA) is 67.6 Å². The Labute approximate surface area is 126 Å². The van der Waals surface area contributed by atoms with Gasteiger partial charge in [-0.05, 0) is 31.5 Å². The van der Waals surface area contributed by atoms with Gasteiger partial charge in [-0.1, -0.05) is 12.1 Å². The fourth-order valence-corrected chi connectivity index (χ4v) is 2.73. The number of ether oxygens (including phenoxy) is 1. The van der Waals surface area contributed by atoms with Crippen molar-refractivity contribution >= 4 is 11.6 Å². The third-order valence-corrected chi connectivity index (χ3v) is 3.60. The molecule has 0 unspecified atom stereocenters. The number of carbonyl (C=O) groups excluding carboxylic acids is 1. The van der Waals surface area contributed by atoms with Gasteiger partial charge < -0.3 is 15.8 Å². The van der Waals surface area contributed by atoms with Gasteiger partial charge in [0.1, 0.15) is 0 Å². The Bertz CT molecular complexity index is 468. The molecule has 1 aliphatic heterocycles. The van der Waals surface area contributed by atoms with E-state index >= 15 is 0 Å². The molecule has 1 amide bonds. The zero-order valence-corrected chi connectivity index (χ0v) is 12.8. The average molecular weight is 291 g/mol. The van der Waals surface area contributed by atoms with Crippen molar-refractivity contribution in [2.24, 2.45) is 5.73 Å². The second kappa shape index (κ2) is 7.54. The predicted octanol–water partition coefficient (Wildman–Crippen LogP) is 1.58. The SMILES string of the molecule is C[C@@H]1CN(CCC(=O)Nc2cccc(CN)c2)C[C@H](C)O1. The van der Waals surface area contributed by atoms with Gasteiger partial charge in [0.25, 0.3) is 0 Å². The Morgan fingerprint density at radius 3 is 2.76 bits per heavy atom. The molecule has 5 nitrogen and oxygen atoms in total. The fraction of sp³-hybridized carbons (Fsp3) is 0.562. The van der Waals surface area contributed by atoms with Gasteiger partial charge in [-0.25, -0.2) is 0 Å². The summed E-state index contributed by atoms with van der Waals surface area (Å²) in [6.07, 6.45) is 0.961. The molecule has 1 saturated heterocycles. The summed E-state index contributed by atoms with van der Waals surface area (Å²) in [6.45, 7) is 7.16. The number of morpholine rings is 1. The highest BCUT2D eigenvalue weighted by Crippen LogP contribution is 2.12. The lowest BCUT2D eigenvalue weighted by Crippen LogP contribution is -2.46. The summed E-state index contributed by atoms with van der Waals surface area (Å²) in [7, 11) is 0. The van der Waals surface area contributed by atoms with E-state index in [4.69, 9.17) is 10.5 Å². The molecule has 5 heteroatoms. The van der Waals surface area contributed by atoms with Crippen molar-refractivity contribution in [2.45, 2.75) is 39.0 Å². The minimum absolute atomic E-state index is 0.0379. The number of anilines is 1. The second-order valence-corrected chi connectivity index (χ2v) is 5.72. The molecule has 0 radical (unpaired) electrons. The number of amides is 1. The Morgan fingerprint density at radius 1 is 1.38 bits per heavy atom. The van der Waals surface area contributed by atoms with Gasteiger partial charge in [-0.3, -0.25) is 9.69 Å². The summed E-state index contributed by atoms with van der Waals surface area (Å²) in [5.74, 6) is 0.0379. The van der Waals surface area contributed by atoms with Crippen LogP contribution in [0.25, 0.3) is 0 Å². The number of benzene rings is 1. The van der Waals surface area contributed by atoms with Crippen LogP contribution < -0.4 is 11.1 Å².